The summed E-state index contributed by atoms with van der Waals surface area (Å²) in [7, 11) is 0. The smallest absolute Gasteiger partial charge is 0.116 e. The van der Waals surface area contributed by atoms with Crippen LogP contribution in [0.4, 0.5) is 0 Å². The Labute approximate surface area is 106 Å². The highest BCUT2D eigenvalue weighted by molar-refractivity contribution is 5.84. The maximum atomic E-state index is 4.44. The van der Waals surface area contributed by atoms with Crippen LogP contribution in [-0.2, 0) is 0 Å². The third-order valence-electron chi connectivity index (χ3n) is 3.19. The average Bonchev–Trinajstić information content (AvgIpc) is 2.85. The van der Waals surface area contributed by atoms with E-state index in [9.17, 15) is 0 Å². The molecule has 0 amide bonds. The van der Waals surface area contributed by atoms with Crippen LogP contribution in [0.2, 0.25) is 0 Å². The van der Waals surface area contributed by atoms with Crippen LogP contribution in [0.1, 0.15) is 25.3 Å². The first kappa shape index (κ1) is 11.0. The van der Waals surface area contributed by atoms with Crippen molar-refractivity contribution < 1.29 is 0 Å². The van der Waals surface area contributed by atoms with Crippen molar-refractivity contribution >= 4 is 10.9 Å². The minimum absolute atomic E-state index is 0.417. The summed E-state index contributed by atoms with van der Waals surface area (Å²) in [6, 6.07) is 8.45. The SMILES string of the molecule is CC(C)c1cncnc1-c1ccc2cc[nH]c2c1. The topological polar surface area (TPSA) is 41.6 Å². The zero-order valence-electron chi connectivity index (χ0n) is 10.5. The van der Waals surface area contributed by atoms with Gasteiger partial charge in [-0.25, -0.2) is 9.97 Å². The minimum Gasteiger partial charge on any atom is -0.361 e. The lowest BCUT2D eigenvalue weighted by Gasteiger charge is -2.10. The van der Waals surface area contributed by atoms with Crippen LogP contribution in [-0.4, -0.2) is 15.0 Å². The highest BCUT2D eigenvalue weighted by Gasteiger charge is 2.10. The summed E-state index contributed by atoms with van der Waals surface area (Å²) in [5.41, 5.74) is 4.48. The highest BCUT2D eigenvalue weighted by Crippen LogP contribution is 2.28. The van der Waals surface area contributed by atoms with Crippen LogP contribution >= 0.6 is 0 Å². The average molecular weight is 237 g/mol. The van der Waals surface area contributed by atoms with Gasteiger partial charge in [-0.2, -0.15) is 0 Å². The predicted octanol–water partition coefficient (Wildman–Crippen LogP) is 3.75. The van der Waals surface area contributed by atoms with Crippen LogP contribution < -0.4 is 0 Å². The Bertz CT molecular complexity index is 683. The number of aromatic amines is 1. The Kier molecular flexibility index (Phi) is 2.59. The molecule has 0 aliphatic heterocycles. The largest absolute Gasteiger partial charge is 0.361 e. The number of nitrogens with one attached hydrogen (secondary N) is 1. The van der Waals surface area contributed by atoms with Crippen molar-refractivity contribution in [1.29, 1.82) is 0 Å². The molecule has 3 rings (SSSR count). The number of H-pyrrole nitrogens is 1. The van der Waals surface area contributed by atoms with E-state index >= 15 is 0 Å². The molecule has 0 aliphatic carbocycles. The molecular weight excluding hydrogens is 222 g/mol. The zero-order chi connectivity index (χ0) is 12.5. The van der Waals surface area contributed by atoms with Crippen LogP contribution in [0.5, 0.6) is 0 Å². The van der Waals surface area contributed by atoms with Crippen LogP contribution in [0.25, 0.3) is 22.2 Å². The van der Waals surface area contributed by atoms with Gasteiger partial charge in [0.1, 0.15) is 6.33 Å². The number of aromatic nitrogens is 3. The third kappa shape index (κ3) is 1.78. The molecule has 1 N–H and O–H groups in total. The third-order valence-corrected chi connectivity index (χ3v) is 3.19. The summed E-state index contributed by atoms with van der Waals surface area (Å²) in [5.74, 6) is 0.417. The maximum absolute atomic E-state index is 4.44. The summed E-state index contributed by atoms with van der Waals surface area (Å²) in [6.07, 6.45) is 5.48. The fraction of sp³-hybridized carbons (Fsp3) is 0.200. The van der Waals surface area contributed by atoms with Gasteiger partial charge in [0.15, 0.2) is 0 Å². The molecular formula is C15H15N3. The van der Waals surface area contributed by atoms with Crippen LogP contribution in [0.3, 0.4) is 0 Å². The Hall–Kier alpha value is -2.16. The van der Waals surface area contributed by atoms with E-state index in [0.29, 0.717) is 5.92 Å². The fourth-order valence-corrected chi connectivity index (χ4v) is 2.20. The molecule has 90 valence electrons. The molecule has 3 heteroatoms. The Morgan fingerprint density at radius 2 is 2.06 bits per heavy atom. The second-order valence-electron chi connectivity index (χ2n) is 4.76. The monoisotopic (exact) mass is 237 g/mol. The standard InChI is InChI=1S/C15H15N3/c1-10(2)13-8-16-9-18-15(13)12-4-3-11-5-6-17-14(11)7-12/h3-10,17H,1-2H3. The molecule has 0 atom stereocenters. The first-order valence-corrected chi connectivity index (χ1v) is 6.13. The summed E-state index contributed by atoms with van der Waals surface area (Å²) in [5, 5.41) is 1.22. The molecule has 0 spiro atoms. The number of fused-ring (bicyclic) bond motifs is 1. The van der Waals surface area contributed by atoms with Crippen molar-refractivity contribution in [3.63, 3.8) is 0 Å². The number of benzene rings is 1. The number of rotatable bonds is 2. The molecule has 0 saturated carbocycles. The van der Waals surface area contributed by atoms with Crippen LogP contribution in [0.15, 0.2) is 43.0 Å². The van der Waals surface area contributed by atoms with Crippen molar-refractivity contribution in [2.24, 2.45) is 0 Å². The van der Waals surface area contributed by atoms with E-state index in [0.717, 1.165) is 16.8 Å². The molecule has 3 aromatic rings. The molecule has 0 bridgehead atoms. The van der Waals surface area contributed by atoms with Gasteiger partial charge >= 0.3 is 0 Å². The first-order chi connectivity index (χ1) is 8.75. The summed E-state index contributed by atoms with van der Waals surface area (Å²) >= 11 is 0. The van der Waals surface area contributed by atoms with Gasteiger partial charge in [-0.15, -0.1) is 0 Å². The van der Waals surface area contributed by atoms with Crippen LogP contribution in [0, 0.1) is 0 Å². The molecule has 0 fully saturated rings. The van der Waals surface area contributed by atoms with E-state index < -0.39 is 0 Å². The van der Waals surface area contributed by atoms with E-state index in [2.05, 4.69) is 53.1 Å². The second-order valence-corrected chi connectivity index (χ2v) is 4.76. The Balaban J connectivity index is 2.19. The van der Waals surface area contributed by atoms with Gasteiger partial charge in [-0.1, -0.05) is 26.0 Å². The molecule has 0 unspecified atom stereocenters. The molecule has 2 heterocycles. The van der Waals surface area contributed by atoms with Gasteiger partial charge in [0.05, 0.1) is 5.69 Å². The van der Waals surface area contributed by atoms with Gasteiger partial charge in [-0.3, -0.25) is 0 Å². The Morgan fingerprint density at radius 1 is 1.17 bits per heavy atom. The highest BCUT2D eigenvalue weighted by atomic mass is 14.8. The molecule has 2 aromatic heterocycles. The van der Waals surface area contributed by atoms with E-state index in [4.69, 9.17) is 0 Å². The molecule has 0 aliphatic rings. The number of hydrogen-bond donors (Lipinski definition) is 1. The number of hydrogen-bond acceptors (Lipinski definition) is 2. The zero-order valence-corrected chi connectivity index (χ0v) is 10.5. The minimum atomic E-state index is 0.417. The molecule has 1 aromatic carbocycles. The molecule has 0 radical (unpaired) electrons. The van der Waals surface area contributed by atoms with Gasteiger partial charge in [0.2, 0.25) is 0 Å². The van der Waals surface area contributed by atoms with Crippen molar-refractivity contribution in [2.45, 2.75) is 19.8 Å². The maximum Gasteiger partial charge on any atom is 0.116 e. The fourth-order valence-electron chi connectivity index (χ4n) is 2.20. The summed E-state index contributed by atoms with van der Waals surface area (Å²) in [6.45, 7) is 4.32. The number of nitrogens with zero attached hydrogens (tertiary/aromatic N) is 2. The lowest BCUT2D eigenvalue weighted by molar-refractivity contribution is 0.849. The van der Waals surface area contributed by atoms with Gasteiger partial charge in [0, 0.05) is 23.5 Å². The van der Waals surface area contributed by atoms with Crippen molar-refractivity contribution in [2.75, 3.05) is 0 Å². The molecule has 0 saturated heterocycles. The van der Waals surface area contributed by atoms with E-state index in [1.165, 1.54) is 10.9 Å². The van der Waals surface area contributed by atoms with E-state index in [1.807, 2.05) is 12.4 Å². The summed E-state index contributed by atoms with van der Waals surface area (Å²) < 4.78 is 0. The lowest BCUT2D eigenvalue weighted by Crippen LogP contribution is -1.96. The molecule has 18 heavy (non-hydrogen) atoms. The van der Waals surface area contributed by atoms with Crippen molar-refractivity contribution in [1.82, 2.24) is 15.0 Å². The Morgan fingerprint density at radius 3 is 2.89 bits per heavy atom. The van der Waals surface area contributed by atoms with E-state index in [1.54, 1.807) is 6.33 Å². The normalized spacial score (nSPS) is 11.3. The van der Waals surface area contributed by atoms with Crippen molar-refractivity contribution in [3.05, 3.63) is 48.5 Å². The van der Waals surface area contributed by atoms with Crippen molar-refractivity contribution in [3.8, 4) is 11.3 Å². The predicted molar refractivity (Wildman–Crippen MR) is 73.4 cm³/mol. The van der Waals surface area contributed by atoms with Gasteiger partial charge < -0.3 is 4.98 Å². The van der Waals surface area contributed by atoms with Gasteiger partial charge in [0.25, 0.3) is 0 Å². The summed E-state index contributed by atoms with van der Waals surface area (Å²) in [4.78, 5) is 11.8. The molecule has 3 nitrogen and oxygen atoms in total. The van der Waals surface area contributed by atoms with Gasteiger partial charge in [-0.05, 0) is 29.0 Å². The second kappa shape index (κ2) is 4.26. The quantitative estimate of drug-likeness (QED) is 0.737. The first-order valence-electron chi connectivity index (χ1n) is 6.13. The lowest BCUT2D eigenvalue weighted by atomic mass is 9.98. The van der Waals surface area contributed by atoms with E-state index in [-0.39, 0.29) is 0 Å².